The summed E-state index contributed by atoms with van der Waals surface area (Å²) in [6, 6.07) is 22.1. The van der Waals surface area contributed by atoms with Gasteiger partial charge in [-0.3, -0.25) is 4.99 Å². The zero-order chi connectivity index (χ0) is 27.4. The summed E-state index contributed by atoms with van der Waals surface area (Å²) in [5, 5.41) is 15.6. The number of likely N-dealkylation sites (tertiary alicyclic amines) is 1. The van der Waals surface area contributed by atoms with Crippen molar-refractivity contribution in [1.29, 1.82) is 0 Å². The van der Waals surface area contributed by atoms with Crippen LogP contribution in [-0.4, -0.2) is 53.0 Å². The quantitative estimate of drug-likeness (QED) is 0.121. The average molecular weight is 521 g/mol. The third-order valence-electron chi connectivity index (χ3n) is 6.87. The maximum Gasteiger partial charge on any atom is 0.328 e. The van der Waals surface area contributed by atoms with E-state index in [0.717, 1.165) is 19.6 Å². The molecule has 1 heterocycles. The van der Waals surface area contributed by atoms with Gasteiger partial charge in [0.2, 0.25) is 0 Å². The lowest BCUT2D eigenvalue weighted by Gasteiger charge is -2.36. The van der Waals surface area contributed by atoms with Crippen LogP contribution in [0.25, 0.3) is 0 Å². The predicted molar refractivity (Wildman–Crippen MR) is 155 cm³/mol. The van der Waals surface area contributed by atoms with E-state index in [0.29, 0.717) is 24.0 Å². The number of rotatable bonds is 14. The average Bonchev–Trinajstić information content (AvgIpc) is 2.93. The Labute approximate surface area is 228 Å². The molecule has 0 aliphatic carbocycles. The molecular weight excluding hydrogens is 476 g/mol. The summed E-state index contributed by atoms with van der Waals surface area (Å²) in [6.45, 7) is 5.52. The highest BCUT2D eigenvalue weighted by molar-refractivity contribution is 5.89. The molecule has 3 rings (SSSR count). The van der Waals surface area contributed by atoms with Gasteiger partial charge in [0.25, 0.3) is 0 Å². The number of piperidine rings is 1. The van der Waals surface area contributed by atoms with Crippen LogP contribution in [0.15, 0.2) is 77.8 Å². The number of carboxylic acids is 2. The van der Waals surface area contributed by atoms with Crippen LogP contribution >= 0.6 is 0 Å². The highest BCUT2D eigenvalue weighted by atomic mass is 16.4. The molecule has 2 aromatic rings. The molecule has 2 aromatic carbocycles. The van der Waals surface area contributed by atoms with Crippen molar-refractivity contribution in [1.82, 2.24) is 4.90 Å². The van der Waals surface area contributed by atoms with Crippen molar-refractivity contribution in [3.63, 3.8) is 0 Å². The molecule has 0 saturated carbocycles. The van der Waals surface area contributed by atoms with E-state index in [4.69, 9.17) is 15.2 Å². The third kappa shape index (κ3) is 12.7. The summed E-state index contributed by atoms with van der Waals surface area (Å²) in [5.41, 5.74) is 2.91. The maximum atomic E-state index is 9.55. The standard InChI is InChI=1S/C28H40N2.C4H4O4/c1-2-3-4-5-6-7-14-21-29-24-30-22-19-27(20-23-30)28(25-15-10-8-11-16-25)26-17-12-9-13-18-26;5-3(6)1-2-4(7)8/h8-13,15-18,24,27-28H,2-7,14,19-23H2,1H3;1-2H,(H,5,6)(H,7,8)/b;2-1+. The van der Waals surface area contributed by atoms with E-state index in [1.165, 1.54) is 68.9 Å². The van der Waals surface area contributed by atoms with Gasteiger partial charge < -0.3 is 15.1 Å². The normalized spacial score (nSPS) is 14.1. The molecule has 1 aliphatic heterocycles. The van der Waals surface area contributed by atoms with E-state index < -0.39 is 11.9 Å². The zero-order valence-corrected chi connectivity index (χ0v) is 22.8. The van der Waals surface area contributed by atoms with Crippen molar-refractivity contribution < 1.29 is 19.8 Å². The molecule has 0 bridgehead atoms. The number of nitrogens with zero attached hydrogens (tertiary/aromatic N) is 2. The Bertz CT molecular complexity index is 912. The smallest absolute Gasteiger partial charge is 0.328 e. The van der Waals surface area contributed by atoms with Gasteiger partial charge in [-0.05, 0) is 36.3 Å². The number of benzene rings is 2. The topological polar surface area (TPSA) is 90.2 Å². The van der Waals surface area contributed by atoms with Crippen LogP contribution in [0.1, 0.15) is 81.8 Å². The van der Waals surface area contributed by atoms with E-state index in [1.54, 1.807) is 0 Å². The van der Waals surface area contributed by atoms with E-state index in [1.807, 2.05) is 0 Å². The Balaban J connectivity index is 0.000000550. The summed E-state index contributed by atoms with van der Waals surface area (Å²) in [5.74, 6) is -1.32. The molecule has 1 aliphatic rings. The van der Waals surface area contributed by atoms with Crippen LogP contribution in [0.5, 0.6) is 0 Å². The molecule has 0 radical (unpaired) electrons. The van der Waals surface area contributed by atoms with Crippen molar-refractivity contribution in [2.45, 2.75) is 70.6 Å². The Morgan fingerprint density at radius 3 is 1.76 bits per heavy atom. The van der Waals surface area contributed by atoms with Gasteiger partial charge in [-0.15, -0.1) is 0 Å². The van der Waals surface area contributed by atoms with Crippen molar-refractivity contribution in [2.24, 2.45) is 10.9 Å². The van der Waals surface area contributed by atoms with Crippen LogP contribution < -0.4 is 0 Å². The maximum absolute atomic E-state index is 9.55. The van der Waals surface area contributed by atoms with Crippen molar-refractivity contribution in [3.8, 4) is 0 Å². The number of carbonyl (C=O) groups is 2. The van der Waals surface area contributed by atoms with Gasteiger partial charge in [-0.2, -0.15) is 0 Å². The second kappa shape index (κ2) is 18.8. The van der Waals surface area contributed by atoms with Gasteiger partial charge in [-0.25, -0.2) is 9.59 Å². The van der Waals surface area contributed by atoms with Gasteiger partial charge >= 0.3 is 11.9 Å². The Morgan fingerprint density at radius 2 is 1.29 bits per heavy atom. The van der Waals surface area contributed by atoms with Gasteiger partial charge in [0, 0.05) is 37.7 Å². The molecule has 6 nitrogen and oxygen atoms in total. The molecule has 1 saturated heterocycles. The van der Waals surface area contributed by atoms with E-state index in [2.05, 4.69) is 78.8 Å². The van der Waals surface area contributed by atoms with Crippen molar-refractivity contribution >= 4 is 18.3 Å². The lowest BCUT2D eigenvalue weighted by molar-refractivity contribution is -0.134. The Hall–Kier alpha value is -3.41. The Kier molecular flexibility index (Phi) is 15.2. The number of unbranched alkanes of at least 4 members (excludes halogenated alkanes) is 6. The van der Waals surface area contributed by atoms with E-state index in [9.17, 15) is 9.59 Å². The summed E-state index contributed by atoms with van der Waals surface area (Å²) in [4.78, 5) is 26.3. The van der Waals surface area contributed by atoms with Crippen LogP contribution in [0.4, 0.5) is 0 Å². The number of aliphatic imine (C=N–C) groups is 1. The van der Waals surface area contributed by atoms with Gasteiger partial charge in [0.15, 0.2) is 0 Å². The van der Waals surface area contributed by atoms with Crippen molar-refractivity contribution in [3.05, 3.63) is 83.9 Å². The van der Waals surface area contributed by atoms with Gasteiger partial charge in [0.1, 0.15) is 0 Å². The fraction of sp³-hybridized carbons (Fsp3) is 0.469. The summed E-state index contributed by atoms with van der Waals surface area (Å²) < 4.78 is 0. The molecule has 0 unspecified atom stereocenters. The molecule has 0 spiro atoms. The molecule has 0 atom stereocenters. The first-order chi connectivity index (χ1) is 18.5. The molecule has 38 heavy (non-hydrogen) atoms. The zero-order valence-electron chi connectivity index (χ0n) is 22.8. The second-order valence-corrected chi connectivity index (χ2v) is 9.83. The van der Waals surface area contributed by atoms with Crippen LogP contribution in [-0.2, 0) is 9.59 Å². The fourth-order valence-corrected chi connectivity index (χ4v) is 4.90. The number of hydrogen-bond acceptors (Lipinski definition) is 3. The first-order valence-electron chi connectivity index (χ1n) is 14.0. The highest BCUT2D eigenvalue weighted by Gasteiger charge is 2.28. The lowest BCUT2D eigenvalue weighted by Crippen LogP contribution is -2.35. The molecule has 0 aromatic heterocycles. The minimum absolute atomic E-state index is 0.499. The molecule has 2 N–H and O–H groups in total. The monoisotopic (exact) mass is 520 g/mol. The fourth-order valence-electron chi connectivity index (χ4n) is 4.90. The second-order valence-electron chi connectivity index (χ2n) is 9.83. The minimum Gasteiger partial charge on any atom is -0.478 e. The van der Waals surface area contributed by atoms with Gasteiger partial charge in [0.05, 0.1) is 6.34 Å². The van der Waals surface area contributed by atoms with E-state index >= 15 is 0 Å². The molecule has 206 valence electrons. The largest absolute Gasteiger partial charge is 0.478 e. The number of carboxylic acid groups (broad SMARTS) is 2. The molecule has 1 fully saturated rings. The Morgan fingerprint density at radius 1 is 0.816 bits per heavy atom. The van der Waals surface area contributed by atoms with Gasteiger partial charge in [-0.1, -0.05) is 106 Å². The first-order valence-corrected chi connectivity index (χ1v) is 14.0. The highest BCUT2D eigenvalue weighted by Crippen LogP contribution is 2.37. The number of aliphatic carboxylic acids is 2. The van der Waals surface area contributed by atoms with Crippen LogP contribution in [0.3, 0.4) is 0 Å². The third-order valence-corrected chi connectivity index (χ3v) is 6.87. The van der Waals surface area contributed by atoms with E-state index in [-0.39, 0.29) is 0 Å². The minimum atomic E-state index is -1.26. The number of hydrogen-bond donors (Lipinski definition) is 2. The van der Waals surface area contributed by atoms with Crippen molar-refractivity contribution in [2.75, 3.05) is 19.6 Å². The SMILES string of the molecule is CCCCCCCCCN=CN1CCC(C(c2ccccc2)c2ccccc2)CC1.O=C(O)/C=C/C(=O)O. The lowest BCUT2D eigenvalue weighted by atomic mass is 9.76. The van der Waals surface area contributed by atoms with Crippen LogP contribution in [0.2, 0.25) is 0 Å². The molecule has 6 heteroatoms. The summed E-state index contributed by atoms with van der Waals surface area (Å²) in [6.07, 6.45) is 15.2. The molecular formula is C32H44N2O4. The first kappa shape index (κ1) is 30.8. The summed E-state index contributed by atoms with van der Waals surface area (Å²) in [7, 11) is 0. The summed E-state index contributed by atoms with van der Waals surface area (Å²) >= 11 is 0. The molecule has 0 amide bonds. The van der Waals surface area contributed by atoms with Crippen LogP contribution in [0, 0.1) is 5.92 Å². The predicted octanol–water partition coefficient (Wildman–Crippen LogP) is 7.02.